The molecule has 1 aromatic rings. The number of likely N-dealkylation sites (tertiary alicyclic amines) is 1. The van der Waals surface area contributed by atoms with Gasteiger partial charge in [0.1, 0.15) is 5.69 Å². The molecule has 11 heteroatoms. The van der Waals surface area contributed by atoms with E-state index in [1.165, 1.54) is 0 Å². The second-order valence-corrected chi connectivity index (χ2v) is 10.8. The number of hydrazone groups is 1. The number of rotatable bonds is 16. The van der Waals surface area contributed by atoms with Crippen LogP contribution in [0.3, 0.4) is 0 Å². The fourth-order valence-electron chi connectivity index (χ4n) is 4.97. The SMILES string of the molecule is C=C(/C=C\C(=C/C)N(CC)/N=C\C)CN1CCC(N(C)CCN(CC(C)CC)c2nc(N)c(C(N)=O)[nH]c2=O)CC1. The van der Waals surface area contributed by atoms with E-state index in [9.17, 15) is 9.59 Å². The zero-order valence-electron chi connectivity index (χ0n) is 25.9. The summed E-state index contributed by atoms with van der Waals surface area (Å²) in [4.78, 5) is 38.0. The van der Waals surface area contributed by atoms with Crippen molar-refractivity contribution < 1.29 is 4.79 Å². The van der Waals surface area contributed by atoms with Gasteiger partial charge in [0.2, 0.25) is 0 Å². The molecule has 0 spiro atoms. The number of carbonyl (C=O) groups is 1. The van der Waals surface area contributed by atoms with E-state index in [1.54, 1.807) is 6.21 Å². The van der Waals surface area contributed by atoms with Crippen LogP contribution in [0.5, 0.6) is 0 Å². The van der Waals surface area contributed by atoms with E-state index in [-0.39, 0.29) is 17.3 Å². The smallest absolute Gasteiger partial charge is 0.291 e. The molecule has 1 aliphatic heterocycles. The van der Waals surface area contributed by atoms with Gasteiger partial charge in [0.25, 0.3) is 11.5 Å². The average molecular weight is 570 g/mol. The number of nitrogens with two attached hydrogens (primary N) is 2. The first-order chi connectivity index (χ1) is 19.5. The number of allylic oxidation sites excluding steroid dienone is 2. The summed E-state index contributed by atoms with van der Waals surface area (Å²) in [5.41, 5.74) is 12.8. The van der Waals surface area contributed by atoms with E-state index in [1.807, 2.05) is 23.8 Å². The van der Waals surface area contributed by atoms with Crippen molar-refractivity contribution in [1.82, 2.24) is 24.8 Å². The van der Waals surface area contributed by atoms with Crippen LogP contribution >= 0.6 is 0 Å². The lowest BCUT2D eigenvalue weighted by atomic mass is 10.0. The number of likely N-dealkylation sites (N-methyl/N-ethyl adjacent to an activating group) is 2. The van der Waals surface area contributed by atoms with E-state index >= 15 is 0 Å². The van der Waals surface area contributed by atoms with Crippen LogP contribution in [0, 0.1) is 5.92 Å². The first-order valence-corrected chi connectivity index (χ1v) is 14.7. The number of nitrogens with one attached hydrogen (secondary N) is 1. The Hall–Kier alpha value is -3.44. The Morgan fingerprint density at radius 3 is 2.49 bits per heavy atom. The molecule has 0 saturated carbocycles. The molecule has 0 radical (unpaired) electrons. The predicted octanol–water partition coefficient (Wildman–Crippen LogP) is 3.04. The summed E-state index contributed by atoms with van der Waals surface area (Å²) in [5, 5.41) is 6.37. The third kappa shape index (κ3) is 10.2. The van der Waals surface area contributed by atoms with Gasteiger partial charge in [0.05, 0.1) is 5.70 Å². The Morgan fingerprint density at radius 1 is 1.24 bits per heavy atom. The molecule has 1 aromatic heterocycles. The molecule has 5 N–H and O–H groups in total. The van der Waals surface area contributed by atoms with Crippen LogP contribution in [0.4, 0.5) is 11.6 Å². The van der Waals surface area contributed by atoms with Crippen LogP contribution in [0.1, 0.15) is 64.4 Å². The number of nitrogens with zero attached hydrogens (tertiary/aromatic N) is 6. The van der Waals surface area contributed by atoms with Crippen molar-refractivity contribution in [1.29, 1.82) is 0 Å². The van der Waals surface area contributed by atoms with Crippen molar-refractivity contribution in [2.75, 3.05) is 63.5 Å². The highest BCUT2D eigenvalue weighted by Crippen LogP contribution is 2.18. The Bertz CT molecular complexity index is 1150. The van der Waals surface area contributed by atoms with Gasteiger partial charge in [-0.05, 0) is 71.3 Å². The topological polar surface area (TPSA) is 140 Å². The molecule has 1 unspecified atom stereocenters. The number of anilines is 2. The molecule has 1 saturated heterocycles. The maximum absolute atomic E-state index is 12.8. The van der Waals surface area contributed by atoms with Gasteiger partial charge in [-0.25, -0.2) is 4.98 Å². The van der Waals surface area contributed by atoms with E-state index in [2.05, 4.69) is 77.5 Å². The highest BCUT2D eigenvalue weighted by molar-refractivity contribution is 5.95. The fourth-order valence-corrected chi connectivity index (χ4v) is 4.97. The quantitative estimate of drug-likeness (QED) is 0.157. The van der Waals surface area contributed by atoms with Crippen molar-refractivity contribution in [2.24, 2.45) is 16.8 Å². The molecule has 1 aliphatic rings. The minimum Gasteiger partial charge on any atom is -0.382 e. The summed E-state index contributed by atoms with van der Waals surface area (Å²) in [6.07, 6.45) is 11.1. The van der Waals surface area contributed by atoms with Gasteiger partial charge in [0, 0.05) is 45.0 Å². The first-order valence-electron chi connectivity index (χ1n) is 14.7. The van der Waals surface area contributed by atoms with E-state index in [4.69, 9.17) is 11.5 Å². The molecule has 2 rings (SSSR count). The van der Waals surface area contributed by atoms with Crippen LogP contribution in [-0.4, -0.2) is 95.8 Å². The molecule has 0 bridgehead atoms. The van der Waals surface area contributed by atoms with Crippen molar-refractivity contribution in [2.45, 2.75) is 59.9 Å². The van der Waals surface area contributed by atoms with E-state index in [0.717, 1.165) is 63.3 Å². The maximum Gasteiger partial charge on any atom is 0.291 e. The summed E-state index contributed by atoms with van der Waals surface area (Å²) < 4.78 is 0. The summed E-state index contributed by atoms with van der Waals surface area (Å²) in [6, 6.07) is 0.453. The molecule has 2 heterocycles. The minimum absolute atomic E-state index is 0.0579. The first kappa shape index (κ1) is 33.8. The Balaban J connectivity index is 1.95. The highest BCUT2D eigenvalue weighted by atomic mass is 16.1. The summed E-state index contributed by atoms with van der Waals surface area (Å²) in [7, 11) is 2.14. The van der Waals surface area contributed by atoms with Crippen LogP contribution < -0.4 is 21.9 Å². The monoisotopic (exact) mass is 569 g/mol. The Kier molecular flexibility index (Phi) is 13.8. The van der Waals surface area contributed by atoms with Crippen LogP contribution in [0.2, 0.25) is 0 Å². The molecule has 41 heavy (non-hydrogen) atoms. The molecule has 1 amide bonds. The number of carbonyl (C=O) groups excluding carboxylic acids is 1. The zero-order valence-corrected chi connectivity index (χ0v) is 25.9. The Labute approximate surface area is 245 Å². The maximum atomic E-state index is 12.8. The third-order valence-corrected chi connectivity index (χ3v) is 7.67. The number of hydrogen-bond donors (Lipinski definition) is 3. The van der Waals surface area contributed by atoms with Gasteiger partial charge in [-0.2, -0.15) is 5.10 Å². The standard InChI is InChI=1S/C30H51N9O2/c1-8-22(5)21-38(29-30(41)34-26(28(32)40)27(31)35-29)19-18-36(7)25-14-16-37(17-15-25)20-23(6)12-13-24(9-2)39(11-4)33-10-3/h9-10,12-13,22,25H,6,8,11,14-21H2,1-5,7H3,(H2,31,35)(H2,32,40)(H,34,41)/b13-12-,24-9+,33-10-. The van der Waals surface area contributed by atoms with Gasteiger partial charge in [-0.1, -0.05) is 39.0 Å². The third-order valence-electron chi connectivity index (χ3n) is 7.67. The Morgan fingerprint density at radius 2 is 1.93 bits per heavy atom. The van der Waals surface area contributed by atoms with Crippen LogP contribution in [-0.2, 0) is 0 Å². The molecular weight excluding hydrogens is 518 g/mol. The average Bonchev–Trinajstić information content (AvgIpc) is 2.95. The van der Waals surface area contributed by atoms with E-state index < -0.39 is 11.5 Å². The van der Waals surface area contributed by atoms with Crippen molar-refractivity contribution in [3.05, 3.63) is 52.1 Å². The number of H-pyrrole nitrogens is 1. The molecule has 0 aromatic carbocycles. The fraction of sp³-hybridized carbons (Fsp3) is 0.600. The van der Waals surface area contributed by atoms with Gasteiger partial charge < -0.3 is 26.3 Å². The molecule has 0 aliphatic carbocycles. The second kappa shape index (κ2) is 16.7. The lowest BCUT2D eigenvalue weighted by Crippen LogP contribution is -2.47. The van der Waals surface area contributed by atoms with Crippen molar-refractivity contribution in [3.8, 4) is 0 Å². The van der Waals surface area contributed by atoms with Gasteiger partial charge >= 0.3 is 0 Å². The largest absolute Gasteiger partial charge is 0.382 e. The number of aromatic nitrogens is 2. The summed E-state index contributed by atoms with van der Waals surface area (Å²) in [6.45, 7) is 20.3. The number of aromatic amines is 1. The van der Waals surface area contributed by atoms with Crippen molar-refractivity contribution >= 4 is 23.8 Å². The molecule has 1 fully saturated rings. The molecule has 228 valence electrons. The van der Waals surface area contributed by atoms with Gasteiger partial charge in [-0.3, -0.25) is 19.5 Å². The number of hydrogen-bond acceptors (Lipinski definition) is 9. The van der Waals surface area contributed by atoms with Gasteiger partial charge in [-0.15, -0.1) is 0 Å². The minimum atomic E-state index is -0.801. The van der Waals surface area contributed by atoms with Crippen LogP contribution in [0.15, 0.2) is 46.0 Å². The lowest BCUT2D eigenvalue weighted by molar-refractivity contribution is 0.0996. The predicted molar refractivity (Wildman–Crippen MR) is 170 cm³/mol. The molecular formula is C30H51N9O2. The van der Waals surface area contributed by atoms with Crippen LogP contribution in [0.25, 0.3) is 0 Å². The molecule has 1 atom stereocenters. The summed E-state index contributed by atoms with van der Waals surface area (Å²) in [5.74, 6) is -0.271. The van der Waals surface area contributed by atoms with Crippen molar-refractivity contribution in [3.63, 3.8) is 0 Å². The second-order valence-electron chi connectivity index (χ2n) is 10.8. The number of primary amides is 1. The highest BCUT2D eigenvalue weighted by Gasteiger charge is 2.24. The number of piperidine rings is 1. The normalized spacial score (nSPS) is 16.1. The lowest BCUT2D eigenvalue weighted by Gasteiger charge is -2.38. The number of nitrogen functional groups attached to an aromatic ring is 1. The zero-order chi connectivity index (χ0) is 30.5. The molecule has 11 nitrogen and oxygen atoms in total. The number of amides is 1. The van der Waals surface area contributed by atoms with Gasteiger partial charge in [0.15, 0.2) is 11.6 Å². The van der Waals surface area contributed by atoms with E-state index in [0.29, 0.717) is 25.0 Å². The summed E-state index contributed by atoms with van der Waals surface area (Å²) >= 11 is 0.